The number of aromatic nitrogens is 2. The number of hydrogen-bond donors (Lipinski definition) is 2. The van der Waals surface area contributed by atoms with Gasteiger partial charge in [0.1, 0.15) is 0 Å². The monoisotopic (exact) mass is 358 g/mol. The average molecular weight is 358 g/mol. The molecule has 132 valence electrons. The van der Waals surface area contributed by atoms with Gasteiger partial charge in [0.25, 0.3) is 0 Å². The van der Waals surface area contributed by atoms with Crippen LogP contribution in [-0.2, 0) is 4.74 Å². The van der Waals surface area contributed by atoms with E-state index in [-0.39, 0.29) is 17.5 Å². The van der Waals surface area contributed by atoms with Crippen LogP contribution < -0.4 is 10.6 Å². The summed E-state index contributed by atoms with van der Waals surface area (Å²) in [6, 6.07) is 3.85. The van der Waals surface area contributed by atoms with Crippen LogP contribution in [-0.4, -0.2) is 34.8 Å². The molecule has 2 aromatic rings. The lowest BCUT2D eigenvalue weighted by atomic mass is 9.51. The average Bonchev–Trinajstić information content (AvgIpc) is 3.01. The number of nitrogens with one attached hydrogen (secondary N) is 2. The number of carbonyl (C=O) groups is 1. The summed E-state index contributed by atoms with van der Waals surface area (Å²) in [6.45, 7) is 2.77. The molecule has 2 amide bonds. The van der Waals surface area contributed by atoms with E-state index < -0.39 is 0 Å². The summed E-state index contributed by atoms with van der Waals surface area (Å²) >= 11 is 1.42. The molecule has 25 heavy (non-hydrogen) atoms. The van der Waals surface area contributed by atoms with Crippen molar-refractivity contribution in [2.45, 2.75) is 44.8 Å². The smallest absolute Gasteiger partial charge is 0.321 e. The number of carbonyl (C=O) groups excluding carboxylic acids is 1. The fourth-order valence-corrected chi connectivity index (χ4v) is 4.62. The first-order valence-electron chi connectivity index (χ1n) is 8.76. The molecule has 2 aromatic heterocycles. The van der Waals surface area contributed by atoms with Gasteiger partial charge in [0.15, 0.2) is 5.13 Å². The third-order valence-electron chi connectivity index (χ3n) is 5.42. The number of rotatable bonds is 5. The molecule has 0 aromatic carbocycles. The summed E-state index contributed by atoms with van der Waals surface area (Å²) in [5.74, 6) is 0. The molecular formula is C18H22N4O2S. The van der Waals surface area contributed by atoms with Crippen LogP contribution in [0.4, 0.5) is 9.93 Å². The standard InChI is InChI=1S/C18H22N4O2S/c1-2-24-15-9-14(18(15)6-4-7-18)21-16(23)22-17-20-13(11-25-17)12-5-3-8-19-10-12/h3,5,8,10-11,14-15H,2,4,6-7,9H2,1H3,(H2,20,21,22,23)/t14-,15+/m1/s1. The number of thiazole rings is 1. The van der Waals surface area contributed by atoms with Crippen LogP contribution in [0.3, 0.4) is 0 Å². The highest BCUT2D eigenvalue weighted by Gasteiger charge is 2.59. The van der Waals surface area contributed by atoms with Crippen molar-refractivity contribution in [3.8, 4) is 11.3 Å². The number of urea groups is 1. The lowest BCUT2D eigenvalue weighted by molar-refractivity contribution is -0.169. The molecule has 7 heteroatoms. The Hall–Kier alpha value is -1.99. The van der Waals surface area contributed by atoms with Crippen LogP contribution in [0.25, 0.3) is 11.3 Å². The van der Waals surface area contributed by atoms with Crippen molar-refractivity contribution in [2.75, 3.05) is 11.9 Å². The van der Waals surface area contributed by atoms with E-state index >= 15 is 0 Å². The van der Waals surface area contributed by atoms with Gasteiger partial charge in [-0.15, -0.1) is 11.3 Å². The van der Waals surface area contributed by atoms with Crippen molar-refractivity contribution < 1.29 is 9.53 Å². The summed E-state index contributed by atoms with van der Waals surface area (Å²) < 4.78 is 5.83. The van der Waals surface area contributed by atoms with Gasteiger partial charge < -0.3 is 10.1 Å². The van der Waals surface area contributed by atoms with E-state index in [9.17, 15) is 4.79 Å². The minimum atomic E-state index is -0.182. The molecule has 2 N–H and O–H groups in total. The number of amides is 2. The first kappa shape index (κ1) is 16.5. The highest BCUT2D eigenvalue weighted by Crippen LogP contribution is 2.57. The molecule has 0 aliphatic heterocycles. The summed E-state index contributed by atoms with van der Waals surface area (Å²) in [5, 5.41) is 8.50. The highest BCUT2D eigenvalue weighted by molar-refractivity contribution is 7.14. The molecule has 2 fully saturated rings. The van der Waals surface area contributed by atoms with Gasteiger partial charge in [0, 0.05) is 41.4 Å². The van der Waals surface area contributed by atoms with Crippen molar-refractivity contribution >= 4 is 22.5 Å². The van der Waals surface area contributed by atoms with Gasteiger partial charge in [-0.2, -0.15) is 0 Å². The fraction of sp³-hybridized carbons (Fsp3) is 0.500. The van der Waals surface area contributed by atoms with E-state index in [0.29, 0.717) is 11.2 Å². The first-order chi connectivity index (χ1) is 12.2. The molecule has 0 bridgehead atoms. The predicted octanol–water partition coefficient (Wildman–Crippen LogP) is 3.67. The molecule has 0 radical (unpaired) electrons. The predicted molar refractivity (Wildman–Crippen MR) is 97.6 cm³/mol. The summed E-state index contributed by atoms with van der Waals surface area (Å²) in [7, 11) is 0. The van der Waals surface area contributed by atoms with E-state index in [0.717, 1.165) is 37.1 Å². The Balaban J connectivity index is 1.35. The zero-order valence-corrected chi connectivity index (χ0v) is 15.0. The topological polar surface area (TPSA) is 76.1 Å². The zero-order valence-electron chi connectivity index (χ0n) is 14.2. The fourth-order valence-electron chi connectivity index (χ4n) is 3.91. The van der Waals surface area contributed by atoms with Gasteiger partial charge in [-0.25, -0.2) is 9.78 Å². The number of anilines is 1. The minimum Gasteiger partial charge on any atom is -0.378 e. The molecule has 6 nitrogen and oxygen atoms in total. The number of hydrogen-bond acceptors (Lipinski definition) is 5. The molecule has 0 unspecified atom stereocenters. The van der Waals surface area contributed by atoms with Crippen molar-refractivity contribution in [1.82, 2.24) is 15.3 Å². The molecule has 2 saturated carbocycles. The van der Waals surface area contributed by atoms with Gasteiger partial charge in [-0.1, -0.05) is 6.42 Å². The second-order valence-corrected chi connectivity index (χ2v) is 7.56. The van der Waals surface area contributed by atoms with Crippen LogP contribution in [0, 0.1) is 5.41 Å². The van der Waals surface area contributed by atoms with E-state index in [1.165, 1.54) is 17.8 Å². The molecule has 0 saturated heterocycles. The molecule has 2 aliphatic rings. The summed E-state index contributed by atoms with van der Waals surface area (Å²) in [6.07, 6.45) is 8.21. The second kappa shape index (κ2) is 6.72. The zero-order chi connectivity index (χ0) is 17.3. The summed E-state index contributed by atoms with van der Waals surface area (Å²) in [4.78, 5) is 20.9. The van der Waals surface area contributed by atoms with Gasteiger partial charge in [-0.3, -0.25) is 10.3 Å². The Morgan fingerprint density at radius 1 is 1.48 bits per heavy atom. The molecule has 2 aliphatic carbocycles. The lowest BCUT2D eigenvalue weighted by Gasteiger charge is -2.60. The number of nitrogens with zero attached hydrogens (tertiary/aromatic N) is 2. The SMILES string of the molecule is CCO[C@H]1C[C@@H](NC(=O)Nc2nc(-c3cccnc3)cs2)C12CCC2. The Morgan fingerprint density at radius 2 is 2.36 bits per heavy atom. The summed E-state index contributed by atoms with van der Waals surface area (Å²) in [5.41, 5.74) is 1.93. The Morgan fingerprint density at radius 3 is 3.04 bits per heavy atom. The van der Waals surface area contributed by atoms with Gasteiger partial charge >= 0.3 is 6.03 Å². The largest absolute Gasteiger partial charge is 0.378 e. The van der Waals surface area contributed by atoms with Gasteiger partial charge in [0.2, 0.25) is 0 Å². The van der Waals surface area contributed by atoms with Crippen LogP contribution in [0.1, 0.15) is 32.6 Å². The van der Waals surface area contributed by atoms with Crippen LogP contribution in [0.15, 0.2) is 29.9 Å². The Kier molecular flexibility index (Phi) is 4.43. The van der Waals surface area contributed by atoms with E-state index in [1.54, 1.807) is 12.4 Å². The van der Waals surface area contributed by atoms with E-state index in [4.69, 9.17) is 4.74 Å². The third-order valence-corrected chi connectivity index (χ3v) is 6.18. The maximum absolute atomic E-state index is 12.3. The molecular weight excluding hydrogens is 336 g/mol. The van der Waals surface area contributed by atoms with Crippen LogP contribution >= 0.6 is 11.3 Å². The van der Waals surface area contributed by atoms with Crippen LogP contribution in [0.5, 0.6) is 0 Å². The van der Waals surface area contributed by atoms with E-state index in [1.807, 2.05) is 24.4 Å². The minimum absolute atomic E-state index is 0.164. The van der Waals surface area contributed by atoms with Gasteiger partial charge in [0.05, 0.1) is 11.8 Å². The molecule has 2 atom stereocenters. The van der Waals surface area contributed by atoms with Crippen molar-refractivity contribution in [2.24, 2.45) is 5.41 Å². The Bertz CT molecular complexity index is 745. The van der Waals surface area contributed by atoms with Crippen LogP contribution in [0.2, 0.25) is 0 Å². The second-order valence-electron chi connectivity index (χ2n) is 6.70. The highest BCUT2D eigenvalue weighted by atomic mass is 32.1. The van der Waals surface area contributed by atoms with Crippen molar-refractivity contribution in [3.63, 3.8) is 0 Å². The maximum atomic E-state index is 12.3. The molecule has 2 heterocycles. The number of pyridine rings is 1. The van der Waals surface area contributed by atoms with Crippen molar-refractivity contribution in [3.05, 3.63) is 29.9 Å². The first-order valence-corrected chi connectivity index (χ1v) is 9.64. The molecule has 4 rings (SSSR count). The van der Waals surface area contributed by atoms with Gasteiger partial charge in [-0.05, 0) is 38.3 Å². The van der Waals surface area contributed by atoms with E-state index in [2.05, 4.69) is 20.6 Å². The quantitative estimate of drug-likeness (QED) is 0.855. The lowest BCUT2D eigenvalue weighted by Crippen LogP contribution is -2.68. The number of ether oxygens (including phenoxy) is 1. The Labute approximate surface area is 151 Å². The third kappa shape index (κ3) is 3.02. The maximum Gasteiger partial charge on any atom is 0.321 e. The normalized spacial score (nSPS) is 23.6. The van der Waals surface area contributed by atoms with Crippen molar-refractivity contribution in [1.29, 1.82) is 0 Å². The molecule has 1 spiro atoms.